The Morgan fingerprint density at radius 2 is 1.41 bits per heavy atom. The van der Waals surface area contributed by atoms with Crippen molar-refractivity contribution in [3.8, 4) is 5.75 Å². The average Bonchev–Trinajstić information content (AvgIpc) is 2.69. The van der Waals surface area contributed by atoms with Gasteiger partial charge >= 0.3 is 0 Å². The van der Waals surface area contributed by atoms with Crippen molar-refractivity contribution >= 4 is 17.5 Å². The Balaban J connectivity index is 1.88. The lowest BCUT2D eigenvalue weighted by atomic mass is 10.1. The van der Waals surface area contributed by atoms with Gasteiger partial charge in [-0.1, -0.05) is 26.7 Å². The minimum absolute atomic E-state index is 0.0972. The van der Waals surface area contributed by atoms with Crippen LogP contribution in [-0.2, 0) is 0 Å². The maximum Gasteiger partial charge on any atom is 0.255 e. The molecule has 0 fully saturated rings. The molecule has 0 aliphatic carbocycles. The van der Waals surface area contributed by atoms with E-state index in [1.54, 1.807) is 48.5 Å². The number of benzene rings is 2. The van der Waals surface area contributed by atoms with Crippen LogP contribution < -0.4 is 15.4 Å². The third-order valence-electron chi connectivity index (χ3n) is 4.10. The van der Waals surface area contributed by atoms with Crippen molar-refractivity contribution in [3.63, 3.8) is 0 Å². The first-order valence-corrected chi connectivity index (χ1v) is 9.56. The normalized spacial score (nSPS) is 10.3. The summed E-state index contributed by atoms with van der Waals surface area (Å²) in [4.78, 5) is 24.3. The molecule has 2 rings (SSSR count). The number of anilines is 1. The van der Waals surface area contributed by atoms with E-state index < -0.39 is 0 Å². The Bertz CT molecular complexity index is 724. The van der Waals surface area contributed by atoms with E-state index in [0.29, 0.717) is 30.0 Å². The highest BCUT2D eigenvalue weighted by molar-refractivity contribution is 6.04. The van der Waals surface area contributed by atoms with Crippen LogP contribution in [0.15, 0.2) is 48.5 Å². The second-order valence-electron chi connectivity index (χ2n) is 6.37. The number of ether oxygens (including phenoxy) is 1. The lowest BCUT2D eigenvalue weighted by Crippen LogP contribution is -2.24. The molecule has 5 heteroatoms. The largest absolute Gasteiger partial charge is 0.494 e. The fourth-order valence-corrected chi connectivity index (χ4v) is 2.43. The van der Waals surface area contributed by atoms with E-state index in [-0.39, 0.29) is 11.8 Å². The molecule has 5 nitrogen and oxygen atoms in total. The van der Waals surface area contributed by atoms with E-state index in [1.807, 2.05) is 0 Å². The molecule has 0 radical (unpaired) electrons. The smallest absolute Gasteiger partial charge is 0.255 e. The van der Waals surface area contributed by atoms with Gasteiger partial charge in [0.2, 0.25) is 0 Å². The van der Waals surface area contributed by atoms with Crippen LogP contribution in [0.4, 0.5) is 5.69 Å². The van der Waals surface area contributed by atoms with Crippen LogP contribution >= 0.6 is 0 Å². The molecule has 0 aliphatic rings. The van der Waals surface area contributed by atoms with Gasteiger partial charge in [-0.15, -0.1) is 0 Å². The van der Waals surface area contributed by atoms with E-state index in [2.05, 4.69) is 24.5 Å². The van der Waals surface area contributed by atoms with Gasteiger partial charge in [-0.3, -0.25) is 9.59 Å². The summed E-state index contributed by atoms with van der Waals surface area (Å²) in [6, 6.07) is 14.0. The van der Waals surface area contributed by atoms with Gasteiger partial charge in [0.05, 0.1) is 6.61 Å². The second-order valence-corrected chi connectivity index (χ2v) is 6.37. The monoisotopic (exact) mass is 368 g/mol. The molecule has 0 saturated heterocycles. The Hall–Kier alpha value is -2.82. The summed E-state index contributed by atoms with van der Waals surface area (Å²) >= 11 is 0. The lowest BCUT2D eigenvalue weighted by Gasteiger charge is -2.09. The van der Waals surface area contributed by atoms with Crippen LogP contribution in [0.1, 0.15) is 60.2 Å². The topological polar surface area (TPSA) is 67.4 Å². The second kappa shape index (κ2) is 11.0. The zero-order valence-corrected chi connectivity index (χ0v) is 16.1. The molecule has 0 aromatic heterocycles. The Labute approximate surface area is 161 Å². The number of hydrogen-bond acceptors (Lipinski definition) is 3. The van der Waals surface area contributed by atoms with E-state index in [1.165, 1.54) is 0 Å². The number of carbonyl (C=O) groups is 2. The molecule has 2 aromatic rings. The third-order valence-corrected chi connectivity index (χ3v) is 4.10. The van der Waals surface area contributed by atoms with Crippen LogP contribution in [0, 0.1) is 0 Å². The Morgan fingerprint density at radius 3 is 2.04 bits per heavy atom. The van der Waals surface area contributed by atoms with Crippen LogP contribution in [0.5, 0.6) is 5.75 Å². The van der Waals surface area contributed by atoms with Crippen LogP contribution in [0.2, 0.25) is 0 Å². The number of carbonyl (C=O) groups excluding carboxylic acids is 2. The molecule has 27 heavy (non-hydrogen) atoms. The van der Waals surface area contributed by atoms with Crippen molar-refractivity contribution in [2.24, 2.45) is 0 Å². The third kappa shape index (κ3) is 6.77. The van der Waals surface area contributed by atoms with Gasteiger partial charge in [-0.05, 0) is 61.4 Å². The fraction of sp³-hybridized carbons (Fsp3) is 0.364. The minimum Gasteiger partial charge on any atom is -0.494 e. The Kier molecular flexibility index (Phi) is 8.36. The standard InChI is InChI=1S/C22H28N2O3/c1-3-5-15-23-21(25)17-7-11-19(12-8-17)24-22(26)18-9-13-20(14-10-18)27-16-6-4-2/h7-14H,3-6,15-16H2,1-2H3,(H,23,25)(H,24,26). The molecule has 144 valence electrons. The van der Waals surface area contributed by atoms with E-state index in [0.717, 1.165) is 31.4 Å². The minimum atomic E-state index is -0.199. The van der Waals surface area contributed by atoms with Gasteiger partial charge in [0.15, 0.2) is 0 Å². The molecule has 0 heterocycles. The van der Waals surface area contributed by atoms with Crippen molar-refractivity contribution in [1.29, 1.82) is 0 Å². The molecule has 0 aliphatic heterocycles. The molecular formula is C22H28N2O3. The number of hydrogen-bond donors (Lipinski definition) is 2. The van der Waals surface area contributed by atoms with Crippen molar-refractivity contribution < 1.29 is 14.3 Å². The SMILES string of the molecule is CCCCNC(=O)c1ccc(NC(=O)c2ccc(OCCCC)cc2)cc1. The van der Waals surface area contributed by atoms with Gasteiger partial charge < -0.3 is 15.4 Å². The number of amides is 2. The molecular weight excluding hydrogens is 340 g/mol. The molecule has 2 aromatic carbocycles. The van der Waals surface area contributed by atoms with E-state index in [9.17, 15) is 9.59 Å². The average molecular weight is 368 g/mol. The first kappa shape index (κ1) is 20.5. The predicted octanol–water partition coefficient (Wildman–Crippen LogP) is 4.65. The van der Waals surface area contributed by atoms with Gasteiger partial charge in [0, 0.05) is 23.4 Å². The zero-order chi connectivity index (χ0) is 19.5. The first-order chi connectivity index (χ1) is 13.1. The zero-order valence-electron chi connectivity index (χ0n) is 16.1. The molecule has 0 bridgehead atoms. The quantitative estimate of drug-likeness (QED) is 0.600. The molecule has 0 unspecified atom stereocenters. The number of nitrogens with one attached hydrogen (secondary N) is 2. The van der Waals surface area contributed by atoms with Crippen LogP contribution in [0.25, 0.3) is 0 Å². The van der Waals surface area contributed by atoms with Gasteiger partial charge in [-0.25, -0.2) is 0 Å². The molecule has 2 amide bonds. The van der Waals surface area contributed by atoms with E-state index in [4.69, 9.17) is 4.74 Å². The highest BCUT2D eigenvalue weighted by Crippen LogP contribution is 2.15. The number of rotatable bonds is 10. The van der Waals surface area contributed by atoms with Crippen molar-refractivity contribution in [1.82, 2.24) is 5.32 Å². The predicted molar refractivity (Wildman–Crippen MR) is 108 cm³/mol. The van der Waals surface area contributed by atoms with Crippen molar-refractivity contribution in [3.05, 3.63) is 59.7 Å². The van der Waals surface area contributed by atoms with Crippen molar-refractivity contribution in [2.75, 3.05) is 18.5 Å². The van der Waals surface area contributed by atoms with Gasteiger partial charge in [-0.2, -0.15) is 0 Å². The summed E-state index contributed by atoms with van der Waals surface area (Å²) in [5.41, 5.74) is 1.78. The lowest BCUT2D eigenvalue weighted by molar-refractivity contribution is 0.0952. The summed E-state index contributed by atoms with van der Waals surface area (Å²) < 4.78 is 5.60. The first-order valence-electron chi connectivity index (χ1n) is 9.56. The summed E-state index contributed by atoms with van der Waals surface area (Å²) in [7, 11) is 0. The van der Waals surface area contributed by atoms with Crippen LogP contribution in [-0.4, -0.2) is 25.0 Å². The maximum absolute atomic E-state index is 12.3. The summed E-state index contributed by atoms with van der Waals surface area (Å²) in [6.45, 7) is 5.55. The highest BCUT2D eigenvalue weighted by atomic mass is 16.5. The summed E-state index contributed by atoms with van der Waals surface area (Å²) in [6.07, 6.45) is 4.09. The highest BCUT2D eigenvalue weighted by Gasteiger charge is 2.08. The molecule has 2 N–H and O–H groups in total. The van der Waals surface area contributed by atoms with Gasteiger partial charge in [0.1, 0.15) is 5.75 Å². The van der Waals surface area contributed by atoms with E-state index >= 15 is 0 Å². The fourth-order valence-electron chi connectivity index (χ4n) is 2.43. The maximum atomic E-state index is 12.3. The van der Waals surface area contributed by atoms with Crippen LogP contribution in [0.3, 0.4) is 0 Å². The summed E-state index contributed by atoms with van der Waals surface area (Å²) in [5, 5.41) is 5.71. The molecule has 0 atom stereocenters. The Morgan fingerprint density at radius 1 is 0.815 bits per heavy atom. The molecule has 0 spiro atoms. The number of unbranched alkanes of at least 4 members (excludes halogenated alkanes) is 2. The molecule has 0 saturated carbocycles. The summed E-state index contributed by atoms with van der Waals surface area (Å²) in [5.74, 6) is 0.466. The van der Waals surface area contributed by atoms with Crippen molar-refractivity contribution in [2.45, 2.75) is 39.5 Å². The van der Waals surface area contributed by atoms with Gasteiger partial charge in [0.25, 0.3) is 11.8 Å².